The normalized spacial score (nSPS) is 24.9. The van der Waals surface area contributed by atoms with E-state index in [0.29, 0.717) is 5.92 Å². The predicted molar refractivity (Wildman–Crippen MR) is 98.0 cm³/mol. The third-order valence-electron chi connectivity index (χ3n) is 3.97. The van der Waals surface area contributed by atoms with Gasteiger partial charge in [0.15, 0.2) is 0 Å². The molecule has 0 bridgehead atoms. The lowest BCUT2D eigenvalue weighted by Gasteiger charge is -2.41. The highest BCUT2D eigenvalue weighted by Gasteiger charge is 2.38. The largest absolute Gasteiger partial charge is 0.374 e. The number of alkyl halides is 1. The van der Waals surface area contributed by atoms with Crippen LogP contribution in [-0.2, 0) is 11.2 Å². The lowest BCUT2D eigenvalue weighted by molar-refractivity contribution is -0.0857. The zero-order valence-electron chi connectivity index (χ0n) is 11.1. The molecule has 0 aromatic heterocycles. The predicted octanol–water partition coefficient (Wildman–Crippen LogP) is 5.01. The molecule has 0 aliphatic carbocycles. The van der Waals surface area contributed by atoms with Crippen molar-refractivity contribution in [2.75, 3.05) is 11.0 Å². The summed E-state index contributed by atoms with van der Waals surface area (Å²) >= 11 is 4.90. The van der Waals surface area contributed by atoms with E-state index in [-0.39, 0.29) is 5.60 Å². The van der Waals surface area contributed by atoms with E-state index in [9.17, 15) is 0 Å². The number of hydrogen-bond donors (Lipinski definition) is 0. The summed E-state index contributed by atoms with van der Waals surface area (Å²) < 4.78 is 8.58. The van der Waals surface area contributed by atoms with Crippen LogP contribution in [0.1, 0.15) is 24.8 Å². The van der Waals surface area contributed by atoms with Gasteiger partial charge in [-0.15, -0.1) is 6.58 Å². The SMILES string of the molecule is C=C[C@H](Cc1ccccc1I)[C@@]1(CI)CCCCO1. The van der Waals surface area contributed by atoms with E-state index in [0.717, 1.165) is 23.9 Å². The van der Waals surface area contributed by atoms with Gasteiger partial charge in [0.25, 0.3) is 0 Å². The molecule has 1 saturated heterocycles. The molecule has 1 nitrogen and oxygen atoms in total. The minimum absolute atomic E-state index is 0.000514. The van der Waals surface area contributed by atoms with Crippen LogP contribution in [0, 0.1) is 9.49 Å². The van der Waals surface area contributed by atoms with Gasteiger partial charge in [-0.2, -0.15) is 0 Å². The van der Waals surface area contributed by atoms with Crippen LogP contribution in [0.25, 0.3) is 0 Å². The Morgan fingerprint density at radius 2 is 2.16 bits per heavy atom. The average molecular weight is 482 g/mol. The number of rotatable bonds is 5. The molecule has 3 heteroatoms. The van der Waals surface area contributed by atoms with Gasteiger partial charge in [0.1, 0.15) is 0 Å². The highest BCUT2D eigenvalue weighted by molar-refractivity contribution is 14.1. The summed E-state index contributed by atoms with van der Waals surface area (Å²) in [5, 5.41) is 0. The van der Waals surface area contributed by atoms with Crippen molar-refractivity contribution < 1.29 is 4.74 Å². The maximum atomic E-state index is 6.20. The standard InChI is InChI=1S/C16H20I2O/c1-2-14(11-13-7-3-4-8-15(13)18)16(12-17)9-5-6-10-19-16/h2-4,7-8,14H,1,5-6,9-12H2/t14-,16+/m1/s1. The Morgan fingerprint density at radius 3 is 2.74 bits per heavy atom. The lowest BCUT2D eigenvalue weighted by atomic mass is 9.79. The Kier molecular flexibility index (Phi) is 6.14. The summed E-state index contributed by atoms with van der Waals surface area (Å²) in [6.07, 6.45) is 6.78. The molecule has 19 heavy (non-hydrogen) atoms. The molecule has 0 radical (unpaired) electrons. The Morgan fingerprint density at radius 1 is 1.37 bits per heavy atom. The molecule has 0 unspecified atom stereocenters. The number of benzene rings is 1. The van der Waals surface area contributed by atoms with Crippen molar-refractivity contribution in [2.45, 2.75) is 31.3 Å². The van der Waals surface area contributed by atoms with E-state index < -0.39 is 0 Å². The summed E-state index contributed by atoms with van der Waals surface area (Å²) in [5.74, 6) is 0.403. The first-order valence-electron chi connectivity index (χ1n) is 6.78. The summed E-state index contributed by atoms with van der Waals surface area (Å²) in [5.41, 5.74) is 1.41. The highest BCUT2D eigenvalue weighted by atomic mass is 127. The van der Waals surface area contributed by atoms with Gasteiger partial charge >= 0.3 is 0 Å². The minimum Gasteiger partial charge on any atom is -0.374 e. The van der Waals surface area contributed by atoms with E-state index in [1.165, 1.54) is 22.0 Å². The molecule has 2 atom stereocenters. The fourth-order valence-electron chi connectivity index (χ4n) is 2.76. The molecule has 1 aliphatic rings. The quantitative estimate of drug-likeness (QED) is 0.326. The van der Waals surface area contributed by atoms with Gasteiger partial charge in [-0.05, 0) is 59.9 Å². The third-order valence-corrected chi connectivity index (χ3v) is 6.31. The first-order valence-corrected chi connectivity index (χ1v) is 9.38. The minimum atomic E-state index is -0.000514. The Bertz CT molecular complexity index is 425. The average Bonchev–Trinajstić information content (AvgIpc) is 2.47. The third kappa shape index (κ3) is 3.73. The number of hydrogen-bond acceptors (Lipinski definition) is 1. The lowest BCUT2D eigenvalue weighted by Crippen LogP contribution is -2.45. The monoisotopic (exact) mass is 482 g/mol. The van der Waals surface area contributed by atoms with Crippen molar-refractivity contribution in [3.63, 3.8) is 0 Å². The van der Waals surface area contributed by atoms with Gasteiger partial charge < -0.3 is 4.74 Å². The smallest absolute Gasteiger partial charge is 0.0836 e. The molecule has 1 aromatic rings. The van der Waals surface area contributed by atoms with E-state index in [2.05, 4.69) is 82.1 Å². The van der Waals surface area contributed by atoms with Gasteiger partial charge in [0.2, 0.25) is 0 Å². The second-order valence-electron chi connectivity index (χ2n) is 5.14. The van der Waals surface area contributed by atoms with Crippen LogP contribution in [0.5, 0.6) is 0 Å². The van der Waals surface area contributed by atoms with Gasteiger partial charge in [0.05, 0.1) is 5.60 Å². The zero-order valence-corrected chi connectivity index (χ0v) is 15.4. The van der Waals surface area contributed by atoms with Crippen LogP contribution < -0.4 is 0 Å². The van der Waals surface area contributed by atoms with Crippen molar-refractivity contribution in [1.29, 1.82) is 0 Å². The number of ether oxygens (including phenoxy) is 1. The van der Waals surface area contributed by atoms with E-state index >= 15 is 0 Å². The van der Waals surface area contributed by atoms with Crippen LogP contribution in [-0.4, -0.2) is 16.6 Å². The van der Waals surface area contributed by atoms with E-state index in [4.69, 9.17) is 4.74 Å². The fourth-order valence-corrected chi connectivity index (χ4v) is 4.53. The molecular formula is C16H20I2O. The van der Waals surface area contributed by atoms with Gasteiger partial charge in [0, 0.05) is 20.5 Å². The summed E-state index contributed by atoms with van der Waals surface area (Å²) in [6, 6.07) is 8.62. The van der Waals surface area contributed by atoms with E-state index in [1.54, 1.807) is 0 Å². The van der Waals surface area contributed by atoms with Crippen LogP contribution in [0.15, 0.2) is 36.9 Å². The Hall–Kier alpha value is 0.380. The van der Waals surface area contributed by atoms with Crippen molar-refractivity contribution in [1.82, 2.24) is 0 Å². The molecule has 0 amide bonds. The Balaban J connectivity index is 2.19. The molecule has 104 valence electrons. The van der Waals surface area contributed by atoms with Crippen molar-refractivity contribution in [3.05, 3.63) is 46.1 Å². The second kappa shape index (κ2) is 7.41. The molecule has 1 fully saturated rings. The summed E-state index contributed by atoms with van der Waals surface area (Å²) in [7, 11) is 0. The molecular weight excluding hydrogens is 462 g/mol. The first-order chi connectivity index (χ1) is 9.22. The summed E-state index contributed by atoms with van der Waals surface area (Å²) in [4.78, 5) is 0. The number of halogens is 2. The topological polar surface area (TPSA) is 9.23 Å². The first kappa shape index (κ1) is 15.8. The molecule has 1 aliphatic heterocycles. The van der Waals surface area contributed by atoms with E-state index in [1.807, 2.05) is 0 Å². The van der Waals surface area contributed by atoms with Crippen LogP contribution >= 0.6 is 45.2 Å². The van der Waals surface area contributed by atoms with Gasteiger partial charge in [-0.1, -0.05) is 46.9 Å². The van der Waals surface area contributed by atoms with Gasteiger partial charge in [-0.3, -0.25) is 0 Å². The summed E-state index contributed by atoms with van der Waals surface area (Å²) in [6.45, 7) is 4.97. The fraction of sp³-hybridized carbons (Fsp3) is 0.500. The zero-order chi connectivity index (χ0) is 13.7. The molecule has 0 spiro atoms. The molecule has 0 N–H and O–H groups in total. The molecule has 2 rings (SSSR count). The van der Waals surface area contributed by atoms with Crippen molar-refractivity contribution in [2.24, 2.45) is 5.92 Å². The van der Waals surface area contributed by atoms with Crippen LogP contribution in [0.4, 0.5) is 0 Å². The molecule has 1 heterocycles. The van der Waals surface area contributed by atoms with Gasteiger partial charge in [-0.25, -0.2) is 0 Å². The molecule has 0 saturated carbocycles. The second-order valence-corrected chi connectivity index (χ2v) is 7.07. The Labute approximate surface area is 143 Å². The van der Waals surface area contributed by atoms with Crippen molar-refractivity contribution >= 4 is 45.2 Å². The molecule has 1 aromatic carbocycles. The highest BCUT2D eigenvalue weighted by Crippen LogP contribution is 2.37. The van der Waals surface area contributed by atoms with Crippen LogP contribution in [0.2, 0.25) is 0 Å². The van der Waals surface area contributed by atoms with Crippen LogP contribution in [0.3, 0.4) is 0 Å². The maximum absolute atomic E-state index is 6.20. The maximum Gasteiger partial charge on any atom is 0.0836 e. The van der Waals surface area contributed by atoms with Crippen molar-refractivity contribution in [3.8, 4) is 0 Å².